The average molecular weight is 243 g/mol. The van der Waals surface area contributed by atoms with Crippen molar-refractivity contribution in [3.8, 4) is 0 Å². The molecule has 0 aromatic heterocycles. The number of hydrogen-bond donors (Lipinski definition) is 2. The molecule has 0 spiro atoms. The molecule has 1 fully saturated rings. The summed E-state index contributed by atoms with van der Waals surface area (Å²) in [6.07, 6.45) is 4.49. The monoisotopic (exact) mass is 243 g/mol. The minimum Gasteiger partial charge on any atom is -0.481 e. The van der Waals surface area contributed by atoms with Crippen LogP contribution in [0.2, 0.25) is 0 Å². The quantitative estimate of drug-likeness (QED) is 0.596. The number of rotatable bonds is 9. The number of ether oxygens (including phenoxy) is 1. The zero-order valence-corrected chi connectivity index (χ0v) is 10.3. The van der Waals surface area contributed by atoms with E-state index in [0.29, 0.717) is 19.4 Å². The lowest BCUT2D eigenvalue weighted by molar-refractivity contribution is -0.143. The van der Waals surface area contributed by atoms with Gasteiger partial charge in [0.25, 0.3) is 0 Å². The number of carbonyl (C=O) groups is 2. The van der Waals surface area contributed by atoms with Crippen molar-refractivity contribution in [3.05, 3.63) is 0 Å². The van der Waals surface area contributed by atoms with E-state index in [1.54, 1.807) is 0 Å². The summed E-state index contributed by atoms with van der Waals surface area (Å²) in [7, 11) is 0. The second-order valence-corrected chi connectivity index (χ2v) is 4.62. The van der Waals surface area contributed by atoms with Crippen LogP contribution in [0.15, 0.2) is 0 Å². The molecule has 0 heterocycles. The Bertz CT molecular complexity index is 274. The summed E-state index contributed by atoms with van der Waals surface area (Å²) in [5, 5.41) is 11.5. The Morgan fingerprint density at radius 1 is 1.35 bits per heavy atom. The Kier molecular flexibility index (Phi) is 5.41. The van der Waals surface area contributed by atoms with Gasteiger partial charge in [0.1, 0.15) is 6.61 Å². The molecule has 0 unspecified atom stereocenters. The maximum absolute atomic E-state index is 11.3. The van der Waals surface area contributed by atoms with Crippen LogP contribution in [0.1, 0.15) is 39.0 Å². The van der Waals surface area contributed by atoms with Crippen molar-refractivity contribution in [3.63, 3.8) is 0 Å². The zero-order chi connectivity index (χ0) is 12.7. The Labute approximate surface area is 102 Å². The van der Waals surface area contributed by atoms with E-state index >= 15 is 0 Å². The van der Waals surface area contributed by atoms with Crippen molar-refractivity contribution in [1.29, 1.82) is 0 Å². The molecule has 0 bridgehead atoms. The molecule has 1 saturated carbocycles. The fourth-order valence-corrected chi connectivity index (χ4v) is 1.55. The number of carboxylic acid groups (broad SMARTS) is 1. The molecular formula is C12H21NO4. The van der Waals surface area contributed by atoms with E-state index in [0.717, 1.165) is 19.3 Å². The highest BCUT2D eigenvalue weighted by Gasteiger charge is 2.50. The van der Waals surface area contributed by atoms with E-state index in [1.165, 1.54) is 0 Å². The van der Waals surface area contributed by atoms with Gasteiger partial charge >= 0.3 is 5.97 Å². The summed E-state index contributed by atoms with van der Waals surface area (Å²) in [6.45, 7) is 2.94. The first-order valence-electron chi connectivity index (χ1n) is 6.18. The Balaban J connectivity index is 2.04. The van der Waals surface area contributed by atoms with Crippen LogP contribution in [0.4, 0.5) is 0 Å². The fraction of sp³-hybridized carbons (Fsp3) is 0.833. The van der Waals surface area contributed by atoms with Crippen molar-refractivity contribution in [2.45, 2.75) is 39.0 Å². The van der Waals surface area contributed by atoms with E-state index in [1.807, 2.05) is 0 Å². The highest BCUT2D eigenvalue weighted by atomic mass is 16.5. The zero-order valence-electron chi connectivity index (χ0n) is 10.3. The van der Waals surface area contributed by atoms with Crippen molar-refractivity contribution in [2.24, 2.45) is 5.41 Å². The molecular weight excluding hydrogens is 222 g/mol. The molecule has 1 amide bonds. The summed E-state index contributed by atoms with van der Waals surface area (Å²) in [5.74, 6) is -1.05. The van der Waals surface area contributed by atoms with Crippen LogP contribution in [-0.2, 0) is 14.3 Å². The van der Waals surface area contributed by atoms with Crippen molar-refractivity contribution in [1.82, 2.24) is 5.32 Å². The lowest BCUT2D eigenvalue weighted by atomic mass is 10.1. The van der Waals surface area contributed by atoms with Crippen LogP contribution in [0.5, 0.6) is 0 Å². The van der Waals surface area contributed by atoms with Gasteiger partial charge < -0.3 is 15.2 Å². The molecule has 0 aromatic carbocycles. The van der Waals surface area contributed by atoms with Crippen molar-refractivity contribution in [2.75, 3.05) is 19.8 Å². The number of unbranched alkanes of at least 4 members (excludes halogenated alkanes) is 2. The van der Waals surface area contributed by atoms with Gasteiger partial charge in [-0.15, -0.1) is 0 Å². The molecule has 1 rings (SSSR count). The highest BCUT2D eigenvalue weighted by molar-refractivity contribution is 5.81. The van der Waals surface area contributed by atoms with Gasteiger partial charge in [0, 0.05) is 13.2 Å². The number of nitrogens with one attached hydrogen (secondary N) is 1. The maximum atomic E-state index is 11.3. The van der Waals surface area contributed by atoms with Crippen LogP contribution in [-0.4, -0.2) is 36.7 Å². The third kappa shape index (κ3) is 4.73. The molecule has 1 aliphatic rings. The normalized spacial score (nSPS) is 16.5. The number of amides is 1. The first kappa shape index (κ1) is 14.0. The molecule has 98 valence electrons. The predicted molar refractivity (Wildman–Crippen MR) is 62.7 cm³/mol. The van der Waals surface area contributed by atoms with Crippen molar-refractivity contribution >= 4 is 11.9 Å². The van der Waals surface area contributed by atoms with E-state index in [-0.39, 0.29) is 19.1 Å². The number of hydrogen-bond acceptors (Lipinski definition) is 3. The third-order valence-electron chi connectivity index (χ3n) is 3.06. The lowest BCUT2D eigenvalue weighted by Crippen LogP contribution is -2.36. The molecule has 2 N–H and O–H groups in total. The summed E-state index contributed by atoms with van der Waals surface area (Å²) in [4.78, 5) is 22.2. The maximum Gasteiger partial charge on any atom is 0.311 e. The first-order chi connectivity index (χ1) is 8.10. The molecule has 0 saturated heterocycles. The Morgan fingerprint density at radius 2 is 2.06 bits per heavy atom. The standard InChI is InChI=1S/C12H21NO4/c1-2-3-4-7-17-8-10(14)13-9-12(5-6-12)11(15)16/h2-9H2,1H3,(H,13,14)(H,15,16). The minimum absolute atomic E-state index is 0.0272. The average Bonchev–Trinajstić information content (AvgIpc) is 3.07. The van der Waals surface area contributed by atoms with Gasteiger partial charge in [-0.1, -0.05) is 19.8 Å². The van der Waals surface area contributed by atoms with Crippen LogP contribution in [0.25, 0.3) is 0 Å². The highest BCUT2D eigenvalue weighted by Crippen LogP contribution is 2.45. The van der Waals surface area contributed by atoms with E-state index in [4.69, 9.17) is 9.84 Å². The van der Waals surface area contributed by atoms with Gasteiger partial charge in [0.2, 0.25) is 5.91 Å². The fourth-order valence-electron chi connectivity index (χ4n) is 1.55. The Hall–Kier alpha value is -1.10. The summed E-state index contributed by atoms with van der Waals surface area (Å²) >= 11 is 0. The lowest BCUT2D eigenvalue weighted by Gasteiger charge is -2.11. The van der Waals surface area contributed by atoms with Crippen molar-refractivity contribution < 1.29 is 19.4 Å². The van der Waals surface area contributed by atoms with Crippen LogP contribution >= 0.6 is 0 Å². The molecule has 0 aromatic rings. The smallest absolute Gasteiger partial charge is 0.311 e. The topological polar surface area (TPSA) is 75.6 Å². The molecule has 0 atom stereocenters. The summed E-state index contributed by atoms with van der Waals surface area (Å²) in [5.41, 5.74) is -0.697. The van der Waals surface area contributed by atoms with Gasteiger partial charge in [0.15, 0.2) is 0 Å². The summed E-state index contributed by atoms with van der Waals surface area (Å²) in [6, 6.07) is 0. The van der Waals surface area contributed by atoms with E-state index < -0.39 is 11.4 Å². The van der Waals surface area contributed by atoms with E-state index in [9.17, 15) is 9.59 Å². The van der Waals surface area contributed by atoms with Crippen LogP contribution in [0.3, 0.4) is 0 Å². The first-order valence-corrected chi connectivity index (χ1v) is 6.18. The van der Waals surface area contributed by atoms with Gasteiger partial charge in [-0.05, 0) is 19.3 Å². The number of aliphatic carboxylic acids is 1. The van der Waals surface area contributed by atoms with Gasteiger partial charge in [0.05, 0.1) is 5.41 Å². The second-order valence-electron chi connectivity index (χ2n) is 4.62. The summed E-state index contributed by atoms with van der Waals surface area (Å²) < 4.78 is 5.18. The molecule has 5 heteroatoms. The third-order valence-corrected chi connectivity index (χ3v) is 3.06. The Morgan fingerprint density at radius 3 is 2.59 bits per heavy atom. The molecule has 1 aliphatic carbocycles. The van der Waals surface area contributed by atoms with Gasteiger partial charge in [-0.2, -0.15) is 0 Å². The minimum atomic E-state index is -0.818. The number of carboxylic acids is 1. The van der Waals surface area contributed by atoms with E-state index in [2.05, 4.69) is 12.2 Å². The van der Waals surface area contributed by atoms with Gasteiger partial charge in [-0.3, -0.25) is 9.59 Å². The second kappa shape index (κ2) is 6.59. The molecule has 17 heavy (non-hydrogen) atoms. The largest absolute Gasteiger partial charge is 0.481 e. The van der Waals surface area contributed by atoms with Crippen LogP contribution < -0.4 is 5.32 Å². The number of carbonyl (C=O) groups excluding carboxylic acids is 1. The van der Waals surface area contributed by atoms with Crippen LogP contribution in [0, 0.1) is 5.41 Å². The molecule has 0 radical (unpaired) electrons. The van der Waals surface area contributed by atoms with Gasteiger partial charge in [-0.25, -0.2) is 0 Å². The SMILES string of the molecule is CCCCCOCC(=O)NCC1(C(=O)O)CC1. The predicted octanol–water partition coefficient (Wildman–Crippen LogP) is 1.17. The molecule has 5 nitrogen and oxygen atoms in total. The molecule has 0 aliphatic heterocycles.